The van der Waals surface area contributed by atoms with E-state index in [0.717, 1.165) is 12.3 Å². The first-order valence-electron chi connectivity index (χ1n) is 8.92. The zero-order chi connectivity index (χ0) is 19.3. The van der Waals surface area contributed by atoms with Gasteiger partial charge in [-0.25, -0.2) is 8.42 Å². The summed E-state index contributed by atoms with van der Waals surface area (Å²) in [4.78, 5) is 3.66. The van der Waals surface area contributed by atoms with Gasteiger partial charge in [0.25, 0.3) is 0 Å². The molecule has 0 amide bonds. The molecule has 5 nitrogen and oxygen atoms in total. The number of aryl methyl sites for hydroxylation is 1. The first-order chi connectivity index (χ1) is 13.0. The number of nitriles is 1. The van der Waals surface area contributed by atoms with Crippen LogP contribution in [0.25, 0.3) is 0 Å². The average Bonchev–Trinajstić information content (AvgIpc) is 2.70. The van der Waals surface area contributed by atoms with Crippen molar-refractivity contribution in [1.82, 2.24) is 9.21 Å². The maximum Gasteiger partial charge on any atom is 0.244 e. The molecule has 142 valence electrons. The fourth-order valence-electron chi connectivity index (χ4n) is 3.04. The molecule has 2 aromatic rings. The van der Waals surface area contributed by atoms with Crippen LogP contribution in [-0.2, 0) is 10.0 Å². The van der Waals surface area contributed by atoms with Gasteiger partial charge in [0, 0.05) is 43.4 Å². The van der Waals surface area contributed by atoms with Crippen LogP contribution in [0.5, 0.6) is 0 Å². The Bertz CT molecular complexity index is 913. The van der Waals surface area contributed by atoms with Crippen LogP contribution >= 0.6 is 11.8 Å². The molecular weight excluding hydrogens is 378 g/mol. The van der Waals surface area contributed by atoms with Crippen molar-refractivity contribution in [2.45, 2.75) is 16.7 Å². The van der Waals surface area contributed by atoms with Crippen molar-refractivity contribution in [1.29, 1.82) is 5.26 Å². The van der Waals surface area contributed by atoms with Crippen LogP contribution in [0.1, 0.15) is 11.1 Å². The van der Waals surface area contributed by atoms with Gasteiger partial charge in [-0.3, -0.25) is 4.90 Å². The van der Waals surface area contributed by atoms with E-state index in [2.05, 4.69) is 36.1 Å². The molecule has 0 atom stereocenters. The summed E-state index contributed by atoms with van der Waals surface area (Å²) in [5.74, 6) is 0.979. The van der Waals surface area contributed by atoms with Gasteiger partial charge in [0.2, 0.25) is 10.0 Å². The van der Waals surface area contributed by atoms with E-state index in [4.69, 9.17) is 0 Å². The third-order valence-electron chi connectivity index (χ3n) is 4.65. The van der Waals surface area contributed by atoms with Crippen LogP contribution in [0.2, 0.25) is 0 Å². The standard InChI is InChI=1S/C20H23N3O2S2/c1-17-6-8-19(9-7-17)26-15-14-22-10-12-23(13-11-22)27(24,25)20-5-3-2-4-18(20)16-21/h2-9H,10-15H2,1H3. The Hall–Kier alpha value is -1.85. The monoisotopic (exact) mass is 401 g/mol. The maximum absolute atomic E-state index is 12.9. The summed E-state index contributed by atoms with van der Waals surface area (Å²) in [6.07, 6.45) is 0. The second kappa shape index (κ2) is 8.89. The van der Waals surface area contributed by atoms with Gasteiger partial charge >= 0.3 is 0 Å². The molecule has 0 spiro atoms. The van der Waals surface area contributed by atoms with Crippen LogP contribution in [0.15, 0.2) is 58.3 Å². The minimum Gasteiger partial charge on any atom is -0.300 e. The van der Waals surface area contributed by atoms with Gasteiger partial charge in [-0.2, -0.15) is 9.57 Å². The molecule has 0 unspecified atom stereocenters. The second-order valence-corrected chi connectivity index (χ2v) is 9.59. The summed E-state index contributed by atoms with van der Waals surface area (Å²) in [5.41, 5.74) is 1.46. The number of thioether (sulfide) groups is 1. The average molecular weight is 402 g/mol. The number of rotatable bonds is 6. The Morgan fingerprint density at radius 1 is 1.04 bits per heavy atom. The van der Waals surface area contributed by atoms with Gasteiger partial charge in [-0.1, -0.05) is 29.8 Å². The predicted molar refractivity (Wildman–Crippen MR) is 108 cm³/mol. The van der Waals surface area contributed by atoms with Crippen LogP contribution in [0.4, 0.5) is 0 Å². The zero-order valence-electron chi connectivity index (χ0n) is 15.3. The highest BCUT2D eigenvalue weighted by molar-refractivity contribution is 7.99. The molecule has 1 aliphatic heterocycles. The molecule has 0 radical (unpaired) electrons. The third-order valence-corrected chi connectivity index (χ3v) is 7.60. The molecule has 0 saturated carbocycles. The number of hydrogen-bond donors (Lipinski definition) is 0. The SMILES string of the molecule is Cc1ccc(SCCN2CCN(S(=O)(=O)c3ccccc3C#N)CC2)cc1. The summed E-state index contributed by atoms with van der Waals surface area (Å²) >= 11 is 1.82. The van der Waals surface area contributed by atoms with Crippen molar-refractivity contribution in [3.05, 3.63) is 59.7 Å². The Morgan fingerprint density at radius 2 is 1.70 bits per heavy atom. The van der Waals surface area contributed by atoms with Gasteiger partial charge in [-0.05, 0) is 31.2 Å². The smallest absolute Gasteiger partial charge is 0.244 e. The molecule has 0 aromatic heterocycles. The summed E-state index contributed by atoms with van der Waals surface area (Å²) < 4.78 is 27.2. The van der Waals surface area contributed by atoms with Crippen molar-refractivity contribution < 1.29 is 8.42 Å². The highest BCUT2D eigenvalue weighted by Gasteiger charge is 2.29. The van der Waals surface area contributed by atoms with Gasteiger partial charge < -0.3 is 0 Å². The van der Waals surface area contributed by atoms with Gasteiger partial charge in [0.05, 0.1) is 10.5 Å². The molecule has 7 heteroatoms. The Kier molecular flexibility index (Phi) is 6.55. The molecule has 2 aromatic carbocycles. The zero-order valence-corrected chi connectivity index (χ0v) is 17.0. The van der Waals surface area contributed by atoms with Crippen molar-refractivity contribution in [2.75, 3.05) is 38.5 Å². The molecule has 1 saturated heterocycles. The van der Waals surface area contributed by atoms with Crippen molar-refractivity contribution in [3.8, 4) is 6.07 Å². The van der Waals surface area contributed by atoms with Gasteiger partial charge in [-0.15, -0.1) is 11.8 Å². The number of hydrogen-bond acceptors (Lipinski definition) is 5. The highest BCUT2D eigenvalue weighted by Crippen LogP contribution is 2.22. The van der Waals surface area contributed by atoms with Gasteiger partial charge in [0.15, 0.2) is 0 Å². The van der Waals surface area contributed by atoms with Crippen LogP contribution in [-0.4, -0.2) is 56.1 Å². The normalized spacial score (nSPS) is 16.1. The quantitative estimate of drug-likeness (QED) is 0.697. The van der Waals surface area contributed by atoms with E-state index in [1.54, 1.807) is 18.2 Å². The van der Waals surface area contributed by atoms with Crippen molar-refractivity contribution in [3.63, 3.8) is 0 Å². The van der Waals surface area contributed by atoms with E-state index in [1.165, 1.54) is 20.8 Å². The molecule has 27 heavy (non-hydrogen) atoms. The van der Waals surface area contributed by atoms with E-state index < -0.39 is 10.0 Å². The van der Waals surface area contributed by atoms with Crippen molar-refractivity contribution >= 4 is 21.8 Å². The fourth-order valence-corrected chi connectivity index (χ4v) is 5.52. The molecule has 1 fully saturated rings. The van der Waals surface area contributed by atoms with E-state index in [9.17, 15) is 13.7 Å². The molecule has 0 aliphatic carbocycles. The molecule has 0 N–H and O–H groups in total. The second-order valence-electron chi connectivity index (χ2n) is 6.52. The Morgan fingerprint density at radius 3 is 2.37 bits per heavy atom. The molecule has 3 rings (SSSR count). The van der Waals surface area contributed by atoms with Crippen molar-refractivity contribution in [2.24, 2.45) is 0 Å². The first kappa shape index (κ1) is 19.9. The summed E-state index contributed by atoms with van der Waals surface area (Å²) in [6.45, 7) is 5.34. The van der Waals surface area contributed by atoms with Gasteiger partial charge in [0.1, 0.15) is 6.07 Å². The largest absolute Gasteiger partial charge is 0.300 e. The molecule has 1 heterocycles. The number of sulfonamides is 1. The van der Waals surface area contributed by atoms with E-state index in [0.29, 0.717) is 26.2 Å². The van der Waals surface area contributed by atoms with Crippen LogP contribution in [0, 0.1) is 18.3 Å². The molecule has 0 bridgehead atoms. The minimum atomic E-state index is -3.62. The van der Waals surface area contributed by atoms with Crippen LogP contribution < -0.4 is 0 Å². The van der Waals surface area contributed by atoms with E-state index in [-0.39, 0.29) is 10.5 Å². The topological polar surface area (TPSA) is 64.4 Å². The minimum absolute atomic E-state index is 0.107. The van der Waals surface area contributed by atoms with Crippen LogP contribution in [0.3, 0.4) is 0 Å². The van der Waals surface area contributed by atoms with E-state index >= 15 is 0 Å². The maximum atomic E-state index is 12.9. The highest BCUT2D eigenvalue weighted by atomic mass is 32.2. The number of nitrogens with zero attached hydrogens (tertiary/aromatic N) is 3. The fraction of sp³-hybridized carbons (Fsp3) is 0.350. The third kappa shape index (κ3) is 4.90. The number of benzene rings is 2. The lowest BCUT2D eigenvalue weighted by molar-refractivity contribution is 0.197. The summed E-state index contributed by atoms with van der Waals surface area (Å²) in [6, 6.07) is 16.9. The Balaban J connectivity index is 1.52. The lowest BCUT2D eigenvalue weighted by atomic mass is 10.2. The first-order valence-corrected chi connectivity index (χ1v) is 11.3. The van der Waals surface area contributed by atoms with E-state index in [1.807, 2.05) is 17.8 Å². The lowest BCUT2D eigenvalue weighted by Crippen LogP contribution is -2.49. The number of piperazine rings is 1. The summed E-state index contributed by atoms with van der Waals surface area (Å²) in [5, 5.41) is 9.18. The summed E-state index contributed by atoms with van der Waals surface area (Å²) in [7, 11) is -3.62. The molecule has 1 aliphatic rings. The molecular formula is C20H23N3O2S2. The lowest BCUT2D eigenvalue weighted by Gasteiger charge is -2.34. The Labute approximate surface area is 165 Å². The predicted octanol–water partition coefficient (Wildman–Crippen LogP) is 2.97.